The molecule has 17 nitrogen and oxygen atoms in total. The Hall–Kier alpha value is -4.19. The number of nitro benzene ring substituents is 1. The van der Waals surface area contributed by atoms with Crippen molar-refractivity contribution in [2.24, 2.45) is 0 Å². The van der Waals surface area contributed by atoms with Crippen LogP contribution in [0.4, 0.5) is 5.69 Å². The fourth-order valence-corrected chi connectivity index (χ4v) is 3.86. The fraction of sp³-hybridized carbons (Fsp3) is 0.560. The minimum atomic E-state index is -0.780. The molecule has 1 aromatic carbocycles. The van der Waals surface area contributed by atoms with E-state index in [2.05, 4.69) is 5.32 Å². The van der Waals surface area contributed by atoms with Crippen LogP contribution in [0.25, 0.3) is 0 Å². The van der Waals surface area contributed by atoms with Crippen LogP contribution in [0.5, 0.6) is 5.75 Å². The topological polar surface area (TPSA) is 190 Å². The van der Waals surface area contributed by atoms with Crippen molar-refractivity contribution < 1.29 is 48.1 Å². The molecule has 1 saturated heterocycles. The molecule has 1 aliphatic heterocycles. The van der Waals surface area contributed by atoms with Gasteiger partial charge in [0.1, 0.15) is 12.3 Å². The predicted molar refractivity (Wildman–Crippen MR) is 143 cm³/mol. The maximum Gasteiger partial charge on any atom is 0.330 e. The van der Waals surface area contributed by atoms with Crippen molar-refractivity contribution in [1.29, 1.82) is 0 Å². The number of hydroxylamine groups is 6. The molecule has 1 N–H and O–H groups in total. The quantitative estimate of drug-likeness (QED) is 0.168. The predicted octanol–water partition coefficient (Wildman–Crippen LogP) is -0.339. The van der Waals surface area contributed by atoms with Crippen LogP contribution in [-0.2, 0) is 38.5 Å². The molecule has 232 valence electrons. The first-order valence-corrected chi connectivity index (χ1v) is 13.1. The zero-order valence-electron chi connectivity index (χ0n) is 24.0. The van der Waals surface area contributed by atoms with E-state index in [-0.39, 0.29) is 63.8 Å². The molecule has 1 aromatic rings. The number of non-ortho nitro benzene ring substituents is 1. The number of amides is 1. The first-order valence-electron chi connectivity index (χ1n) is 13.1. The Morgan fingerprint density at radius 2 is 1.19 bits per heavy atom. The number of rotatable bonds is 9. The van der Waals surface area contributed by atoms with Gasteiger partial charge in [0.05, 0.1) is 37.1 Å². The Kier molecular flexibility index (Phi) is 13.7. The number of hydrogen-bond donors (Lipinski definition) is 1. The molecule has 1 amide bonds. The lowest BCUT2D eigenvalue weighted by molar-refractivity contribution is -0.384. The van der Waals surface area contributed by atoms with Crippen LogP contribution in [0.15, 0.2) is 24.3 Å². The number of esters is 1. The highest BCUT2D eigenvalue weighted by atomic mass is 16.7. The summed E-state index contributed by atoms with van der Waals surface area (Å²) < 4.78 is 5.12. The zero-order valence-corrected chi connectivity index (χ0v) is 24.0. The van der Waals surface area contributed by atoms with E-state index in [1.165, 1.54) is 60.2 Å². The minimum Gasteiger partial charge on any atom is -0.425 e. The molecule has 0 aliphatic carbocycles. The summed E-state index contributed by atoms with van der Waals surface area (Å²) >= 11 is 0. The number of carbonyl (C=O) groups excluding carboxylic acids is 5. The van der Waals surface area contributed by atoms with Gasteiger partial charge in [0.25, 0.3) is 5.69 Å². The lowest BCUT2D eigenvalue weighted by Gasteiger charge is -2.34. The van der Waals surface area contributed by atoms with E-state index in [0.717, 1.165) is 0 Å². The van der Waals surface area contributed by atoms with Gasteiger partial charge in [-0.1, -0.05) is 0 Å². The number of hydrogen-bond acceptors (Lipinski definition) is 15. The Balaban J connectivity index is 2.07. The van der Waals surface area contributed by atoms with Crippen LogP contribution in [-0.4, -0.2) is 120 Å². The summed E-state index contributed by atoms with van der Waals surface area (Å²) in [7, 11) is 0. The second kappa shape index (κ2) is 16.9. The van der Waals surface area contributed by atoms with E-state index in [9.17, 15) is 34.1 Å². The van der Waals surface area contributed by atoms with Gasteiger partial charge in [-0.25, -0.2) is 4.79 Å². The number of carbonyl (C=O) groups is 5. The average molecular weight is 597 g/mol. The monoisotopic (exact) mass is 596 g/mol. The van der Waals surface area contributed by atoms with Gasteiger partial charge >= 0.3 is 23.9 Å². The maximum atomic E-state index is 13.0. The Bertz CT molecular complexity index is 1080. The molecule has 1 aliphatic rings. The van der Waals surface area contributed by atoms with Crippen molar-refractivity contribution in [3.05, 3.63) is 34.4 Å². The highest BCUT2D eigenvalue weighted by Gasteiger charge is 2.26. The molecule has 0 saturated carbocycles. The largest absolute Gasteiger partial charge is 0.425 e. The smallest absolute Gasteiger partial charge is 0.330 e. The van der Waals surface area contributed by atoms with E-state index in [1.54, 1.807) is 11.8 Å². The molecule has 1 fully saturated rings. The van der Waals surface area contributed by atoms with Crippen molar-refractivity contribution in [2.75, 3.05) is 58.9 Å². The van der Waals surface area contributed by atoms with Crippen LogP contribution in [0.1, 0.15) is 27.7 Å². The summed E-state index contributed by atoms with van der Waals surface area (Å²) in [6, 6.07) is 4.15. The fourth-order valence-electron chi connectivity index (χ4n) is 3.86. The number of benzene rings is 1. The van der Waals surface area contributed by atoms with Crippen LogP contribution in [0.3, 0.4) is 0 Å². The molecule has 0 bridgehead atoms. The summed E-state index contributed by atoms with van der Waals surface area (Å²) in [5.74, 6) is -2.83. The summed E-state index contributed by atoms with van der Waals surface area (Å²) in [6.07, 6.45) is 0. The van der Waals surface area contributed by atoms with Gasteiger partial charge in [-0.05, 0) is 19.1 Å². The first kappa shape index (κ1) is 34.0. The third-order valence-electron chi connectivity index (χ3n) is 5.86. The van der Waals surface area contributed by atoms with Gasteiger partial charge in [0.2, 0.25) is 5.91 Å². The molecule has 42 heavy (non-hydrogen) atoms. The van der Waals surface area contributed by atoms with Crippen LogP contribution in [0.2, 0.25) is 0 Å². The summed E-state index contributed by atoms with van der Waals surface area (Å²) in [6.45, 7) is 6.43. The highest BCUT2D eigenvalue weighted by molar-refractivity contribution is 5.86. The molecular weight excluding hydrogens is 560 g/mol. The van der Waals surface area contributed by atoms with Crippen LogP contribution < -0.4 is 10.1 Å². The molecule has 2 rings (SSSR count). The average Bonchev–Trinajstić information content (AvgIpc) is 2.90. The van der Waals surface area contributed by atoms with E-state index in [0.29, 0.717) is 0 Å². The third-order valence-corrected chi connectivity index (χ3v) is 5.86. The lowest BCUT2D eigenvalue weighted by atomic mass is 10.2. The Morgan fingerprint density at radius 3 is 1.57 bits per heavy atom. The molecule has 17 heteroatoms. The number of nitrogens with zero attached hydrogens (tertiary/aromatic N) is 5. The van der Waals surface area contributed by atoms with Gasteiger partial charge in [0.15, 0.2) is 0 Å². The van der Waals surface area contributed by atoms with Gasteiger partial charge < -0.3 is 24.6 Å². The van der Waals surface area contributed by atoms with Gasteiger partial charge in [-0.15, -0.1) is 15.2 Å². The SMILES string of the molecule is CC(=O)ON1CCN(OC(C)=O)CCN(C(C)C(=O)NCC(=O)Oc2ccc([N+](=O)[O-])cc2)CCN(OC(C)=O)CC1. The second-order valence-corrected chi connectivity index (χ2v) is 9.19. The Morgan fingerprint density at radius 1 is 0.786 bits per heavy atom. The molecule has 1 unspecified atom stereocenters. The summed E-state index contributed by atoms with van der Waals surface area (Å²) in [4.78, 5) is 87.9. The van der Waals surface area contributed by atoms with E-state index >= 15 is 0 Å². The number of nitro groups is 1. The minimum absolute atomic E-state index is 0.0827. The summed E-state index contributed by atoms with van der Waals surface area (Å²) in [5, 5.41) is 17.4. The van der Waals surface area contributed by atoms with E-state index in [1.807, 2.05) is 0 Å². The zero-order chi connectivity index (χ0) is 31.2. The van der Waals surface area contributed by atoms with Gasteiger partial charge in [-0.3, -0.25) is 34.2 Å². The number of ether oxygens (including phenoxy) is 1. The van der Waals surface area contributed by atoms with E-state index < -0.39 is 47.3 Å². The van der Waals surface area contributed by atoms with Crippen LogP contribution >= 0.6 is 0 Å². The first-order chi connectivity index (χ1) is 19.8. The molecule has 0 aromatic heterocycles. The molecule has 0 spiro atoms. The normalized spacial score (nSPS) is 17.0. The van der Waals surface area contributed by atoms with Gasteiger partial charge in [-0.2, -0.15) is 0 Å². The van der Waals surface area contributed by atoms with Crippen molar-refractivity contribution >= 4 is 35.5 Å². The molecule has 1 heterocycles. The van der Waals surface area contributed by atoms with Crippen molar-refractivity contribution in [2.45, 2.75) is 33.7 Å². The summed E-state index contributed by atoms with van der Waals surface area (Å²) in [5.41, 5.74) is -0.163. The molecule has 1 atom stereocenters. The lowest BCUT2D eigenvalue weighted by Crippen LogP contribution is -2.52. The second-order valence-electron chi connectivity index (χ2n) is 9.19. The highest BCUT2D eigenvalue weighted by Crippen LogP contribution is 2.17. The van der Waals surface area contributed by atoms with Gasteiger partial charge in [0, 0.05) is 59.1 Å². The number of nitrogens with one attached hydrogen (secondary N) is 1. The van der Waals surface area contributed by atoms with Crippen molar-refractivity contribution in [3.8, 4) is 5.75 Å². The van der Waals surface area contributed by atoms with Crippen LogP contribution in [0, 0.1) is 10.1 Å². The third kappa shape index (κ3) is 12.5. The standard InChI is InChI=1S/C25H36N6O11/c1-18(25(36)26-17-24(35)39-23-7-5-22(6-8-23)31(37)38)27-9-11-28(40-19(2)32)13-15-30(42-21(4)34)16-14-29(12-10-27)41-20(3)33/h5-8,18H,9-17H2,1-4H3,(H,26,36). The van der Waals surface area contributed by atoms with E-state index in [4.69, 9.17) is 19.2 Å². The van der Waals surface area contributed by atoms with Crippen molar-refractivity contribution in [1.82, 2.24) is 25.4 Å². The van der Waals surface area contributed by atoms with Crippen molar-refractivity contribution in [3.63, 3.8) is 0 Å². The molecular formula is C25H36N6O11. The maximum absolute atomic E-state index is 13.0. The Labute approximate surface area is 242 Å². The molecule has 0 radical (unpaired) electrons.